The Morgan fingerprint density at radius 1 is 0.972 bits per heavy atom. The monoisotopic (exact) mass is 521 g/mol. The van der Waals surface area contributed by atoms with Crippen LogP contribution in [0.1, 0.15) is 33.3 Å². The van der Waals surface area contributed by atoms with Crippen molar-refractivity contribution >= 4 is 52.9 Å². The summed E-state index contributed by atoms with van der Waals surface area (Å²) < 4.78 is 9.79. The summed E-state index contributed by atoms with van der Waals surface area (Å²) in [5.74, 6) is -2.51. The van der Waals surface area contributed by atoms with Gasteiger partial charge in [0.2, 0.25) is 17.7 Å². The third-order valence-electron chi connectivity index (χ3n) is 4.15. The van der Waals surface area contributed by atoms with Crippen LogP contribution in [0.5, 0.6) is 0 Å². The van der Waals surface area contributed by atoms with Gasteiger partial charge in [-0.1, -0.05) is 12.1 Å². The molecule has 1 atom stereocenters. The molecule has 0 heterocycles. The molecule has 1 aromatic rings. The number of carbonyl (C=O) groups is 5. The second-order valence-corrected chi connectivity index (χ2v) is 8.53. The molecule has 0 spiro atoms. The molecular weight excluding hydrogens is 490 g/mol. The highest BCUT2D eigenvalue weighted by Crippen LogP contribution is 2.13. The first-order chi connectivity index (χ1) is 16.9. The molecule has 0 bridgehead atoms. The molecule has 1 rings (SSSR count). The second kappa shape index (κ2) is 15.2. The van der Waals surface area contributed by atoms with Crippen LogP contribution in [0.25, 0.3) is 0 Å². The molecule has 0 unspecified atom stereocenters. The minimum absolute atomic E-state index is 0.0794. The average molecular weight is 522 g/mol. The van der Waals surface area contributed by atoms with Crippen molar-refractivity contribution in [3.63, 3.8) is 0 Å². The van der Waals surface area contributed by atoms with Gasteiger partial charge in [0.25, 0.3) is 0 Å². The summed E-state index contributed by atoms with van der Waals surface area (Å²) in [7, 11) is 0. The number of hydrogen-bond donors (Lipinski definition) is 4. The van der Waals surface area contributed by atoms with Crippen LogP contribution in [0.4, 0.5) is 10.5 Å². The molecule has 1 aromatic carbocycles. The van der Waals surface area contributed by atoms with Crippen molar-refractivity contribution in [2.75, 3.05) is 26.2 Å². The molecule has 0 aromatic heterocycles. The van der Waals surface area contributed by atoms with Crippen LogP contribution in [0.3, 0.4) is 0 Å². The molecule has 0 aliphatic carbocycles. The molecular formula is C23H31N5O7S. The number of hydrogen-bond acceptors (Lipinski definition) is 9. The maximum atomic E-state index is 12.8. The smallest absolute Gasteiger partial charge is 0.408 e. The van der Waals surface area contributed by atoms with E-state index in [0.29, 0.717) is 11.3 Å². The largest absolute Gasteiger partial charge is 0.465 e. The van der Waals surface area contributed by atoms with E-state index in [1.54, 1.807) is 52.0 Å². The number of thiocarbonyl (C=S) groups is 1. The minimum atomic E-state index is -1.07. The Morgan fingerprint density at radius 2 is 1.61 bits per heavy atom. The first-order valence-electron chi connectivity index (χ1n) is 11.1. The predicted molar refractivity (Wildman–Crippen MR) is 134 cm³/mol. The van der Waals surface area contributed by atoms with Gasteiger partial charge in [-0.2, -0.15) is 4.99 Å². The summed E-state index contributed by atoms with van der Waals surface area (Å²) in [6.07, 6.45) is -0.706. The van der Waals surface area contributed by atoms with E-state index in [9.17, 15) is 24.0 Å². The van der Waals surface area contributed by atoms with Crippen LogP contribution < -0.4 is 21.3 Å². The molecule has 0 saturated carbocycles. The predicted octanol–water partition coefficient (Wildman–Crippen LogP) is 0.768. The summed E-state index contributed by atoms with van der Waals surface area (Å²) >= 11 is 4.57. The zero-order chi connectivity index (χ0) is 27.1. The van der Waals surface area contributed by atoms with E-state index in [1.165, 1.54) is 0 Å². The van der Waals surface area contributed by atoms with E-state index in [2.05, 4.69) is 43.6 Å². The van der Waals surface area contributed by atoms with Crippen molar-refractivity contribution in [1.29, 1.82) is 0 Å². The van der Waals surface area contributed by atoms with E-state index < -0.39 is 54.5 Å². The van der Waals surface area contributed by atoms with Crippen LogP contribution in [-0.2, 0) is 35.1 Å². The van der Waals surface area contributed by atoms with Gasteiger partial charge in [-0.15, -0.1) is 0 Å². The van der Waals surface area contributed by atoms with Crippen molar-refractivity contribution in [2.24, 2.45) is 4.99 Å². The number of ether oxygens (including phenoxy) is 2. The first kappa shape index (κ1) is 30.2. The topological polar surface area (TPSA) is 164 Å². The Kier molecular flexibility index (Phi) is 12.8. The Morgan fingerprint density at radius 3 is 2.19 bits per heavy atom. The van der Waals surface area contributed by atoms with Crippen LogP contribution >= 0.6 is 12.2 Å². The van der Waals surface area contributed by atoms with Gasteiger partial charge in [-0.05, 0) is 57.6 Å². The molecule has 4 amide bonds. The summed E-state index contributed by atoms with van der Waals surface area (Å²) in [5.41, 5.74) is 0.514. The molecule has 0 aliphatic heterocycles. The van der Waals surface area contributed by atoms with Crippen molar-refractivity contribution in [3.05, 3.63) is 29.8 Å². The Hall–Kier alpha value is -3.83. The van der Waals surface area contributed by atoms with Crippen molar-refractivity contribution in [3.8, 4) is 0 Å². The lowest BCUT2D eigenvalue weighted by molar-refractivity contribution is -0.143. The van der Waals surface area contributed by atoms with Crippen LogP contribution in [-0.4, -0.2) is 72.8 Å². The van der Waals surface area contributed by atoms with Gasteiger partial charge in [-0.25, -0.2) is 4.79 Å². The fraction of sp³-hybridized carbons (Fsp3) is 0.478. The molecule has 0 saturated heterocycles. The van der Waals surface area contributed by atoms with E-state index in [4.69, 9.17) is 9.47 Å². The highest BCUT2D eigenvalue weighted by atomic mass is 32.1. The maximum absolute atomic E-state index is 12.8. The molecule has 196 valence electrons. The molecule has 4 N–H and O–H groups in total. The highest BCUT2D eigenvalue weighted by molar-refractivity contribution is 7.78. The number of isothiocyanates is 1. The number of carbonyl (C=O) groups excluding carboxylic acids is 5. The fourth-order valence-electron chi connectivity index (χ4n) is 2.65. The molecule has 0 aliphatic rings. The van der Waals surface area contributed by atoms with Gasteiger partial charge < -0.3 is 30.7 Å². The SMILES string of the molecule is CCOC(=O)CNC(=O)CNC(=O)[C@H](Cc1ccc(N=C=S)cc1)NC(=O)CNC(=O)OC(C)(C)C. The number of rotatable bonds is 12. The van der Waals surface area contributed by atoms with Gasteiger partial charge in [-0.3, -0.25) is 19.2 Å². The van der Waals surface area contributed by atoms with Crippen molar-refractivity contribution in [2.45, 2.75) is 45.8 Å². The Bertz CT molecular complexity index is 986. The van der Waals surface area contributed by atoms with Gasteiger partial charge in [0.1, 0.15) is 24.7 Å². The lowest BCUT2D eigenvalue weighted by Gasteiger charge is -2.21. The van der Waals surface area contributed by atoms with Gasteiger partial charge in [0.15, 0.2) is 0 Å². The number of benzene rings is 1. The molecule has 12 nitrogen and oxygen atoms in total. The summed E-state index contributed by atoms with van der Waals surface area (Å²) in [5, 5.41) is 11.8. The highest BCUT2D eigenvalue weighted by Gasteiger charge is 2.23. The fourth-order valence-corrected chi connectivity index (χ4v) is 2.76. The maximum Gasteiger partial charge on any atom is 0.408 e. The van der Waals surface area contributed by atoms with E-state index in [1.807, 2.05) is 0 Å². The number of alkyl carbamates (subject to hydrolysis) is 1. The summed E-state index contributed by atoms with van der Waals surface area (Å²) in [6.45, 7) is 5.65. The standard InChI is InChI=1S/C23H31N5O7S/c1-5-34-20(31)13-24-18(29)11-25-21(32)17(10-15-6-8-16(9-7-15)27-14-36)28-19(30)12-26-22(33)35-23(2,3)4/h6-9,17H,5,10-13H2,1-4H3,(H,24,29)(H,25,32)(H,26,33)(H,28,30)/t17-/m0/s1. The van der Waals surface area contributed by atoms with Crippen LogP contribution in [0.15, 0.2) is 29.3 Å². The van der Waals surface area contributed by atoms with Gasteiger partial charge in [0.05, 0.1) is 24.0 Å². The molecule has 0 fully saturated rings. The number of aliphatic imine (C=N–C) groups is 1. The third-order valence-corrected chi connectivity index (χ3v) is 4.24. The van der Waals surface area contributed by atoms with E-state index >= 15 is 0 Å². The second-order valence-electron chi connectivity index (χ2n) is 8.35. The number of nitrogens with zero attached hydrogens (tertiary/aromatic N) is 1. The zero-order valence-corrected chi connectivity index (χ0v) is 21.5. The number of esters is 1. The molecule has 0 radical (unpaired) electrons. The Balaban J connectivity index is 2.78. The average Bonchev–Trinajstić information content (AvgIpc) is 2.80. The third kappa shape index (κ3) is 13.2. The molecule has 13 heteroatoms. The van der Waals surface area contributed by atoms with Crippen LogP contribution in [0.2, 0.25) is 0 Å². The summed E-state index contributed by atoms with van der Waals surface area (Å²) in [6, 6.07) is 5.65. The summed E-state index contributed by atoms with van der Waals surface area (Å²) in [4.78, 5) is 64.1. The number of amides is 4. The van der Waals surface area contributed by atoms with Crippen LogP contribution in [0, 0.1) is 0 Å². The molecule has 36 heavy (non-hydrogen) atoms. The van der Waals surface area contributed by atoms with E-state index in [0.717, 1.165) is 0 Å². The normalized spacial score (nSPS) is 11.2. The quantitative estimate of drug-likeness (QED) is 0.178. The van der Waals surface area contributed by atoms with Crippen molar-refractivity contribution in [1.82, 2.24) is 21.3 Å². The first-order valence-corrected chi connectivity index (χ1v) is 11.5. The Labute approximate surface area is 214 Å². The zero-order valence-electron chi connectivity index (χ0n) is 20.6. The van der Waals surface area contributed by atoms with Gasteiger partial charge in [0, 0.05) is 6.42 Å². The van der Waals surface area contributed by atoms with E-state index in [-0.39, 0.29) is 19.6 Å². The minimum Gasteiger partial charge on any atom is -0.465 e. The van der Waals surface area contributed by atoms with Crippen molar-refractivity contribution < 1.29 is 33.4 Å². The number of nitrogens with one attached hydrogen (secondary N) is 4. The lowest BCUT2D eigenvalue weighted by Crippen LogP contribution is -2.52. The van der Waals surface area contributed by atoms with Gasteiger partial charge >= 0.3 is 12.1 Å². The lowest BCUT2D eigenvalue weighted by atomic mass is 10.0.